The van der Waals surface area contributed by atoms with Crippen LogP contribution in [-0.4, -0.2) is 5.94 Å². The van der Waals surface area contributed by atoms with Gasteiger partial charge in [-0.15, -0.1) is 6.58 Å². The minimum atomic E-state index is 0.982. The molecule has 0 spiro atoms. The molecule has 0 atom stereocenters. The van der Waals surface area contributed by atoms with Crippen molar-refractivity contribution >= 4 is 5.94 Å². The van der Waals surface area contributed by atoms with Crippen molar-refractivity contribution in [2.24, 2.45) is 0 Å². The summed E-state index contributed by atoms with van der Waals surface area (Å²) >= 11 is 0. The van der Waals surface area contributed by atoms with E-state index in [0.717, 1.165) is 11.5 Å². The summed E-state index contributed by atoms with van der Waals surface area (Å²) in [6.45, 7) is 3.67. The Labute approximate surface area is 72.1 Å². The summed E-state index contributed by atoms with van der Waals surface area (Å²) in [5, 5.41) is 0. The Morgan fingerprint density at radius 1 is 1.33 bits per heavy atom. The minimum Gasteiger partial charge on any atom is -0.234 e. The van der Waals surface area contributed by atoms with E-state index < -0.39 is 0 Å². The van der Waals surface area contributed by atoms with Crippen molar-refractivity contribution in [3.8, 4) is 0 Å². The quantitative estimate of drug-likeness (QED) is 0.561. The Morgan fingerprint density at radius 3 is 2.75 bits per heavy atom. The third kappa shape index (κ3) is 1.94. The van der Waals surface area contributed by atoms with Crippen LogP contribution in [0.15, 0.2) is 54.7 Å². The summed E-state index contributed by atoms with van der Waals surface area (Å²) in [5.74, 6) is 2.72. The second kappa shape index (κ2) is 4.32. The second-order valence-electron chi connectivity index (χ2n) is 2.28. The highest BCUT2D eigenvalue weighted by Crippen LogP contribution is 2.21. The molecule has 0 aromatic carbocycles. The normalized spacial score (nSPS) is 19.2. The van der Waals surface area contributed by atoms with E-state index in [2.05, 4.69) is 6.58 Å². The Hall–Kier alpha value is -1.59. The lowest BCUT2D eigenvalue weighted by molar-refractivity contribution is 0.569. The van der Waals surface area contributed by atoms with Gasteiger partial charge in [0.05, 0.1) is 0 Å². The highest BCUT2D eigenvalue weighted by Gasteiger charge is 2.05. The van der Waals surface area contributed by atoms with Crippen LogP contribution < -0.4 is 0 Å². The van der Waals surface area contributed by atoms with E-state index in [1.54, 1.807) is 18.1 Å². The average Bonchev–Trinajstić information content (AvgIpc) is 2.15. The molecule has 0 bridgehead atoms. The van der Waals surface area contributed by atoms with Crippen LogP contribution in [0.4, 0.5) is 0 Å². The lowest BCUT2D eigenvalue weighted by Crippen LogP contribution is -1.94. The standard InChI is InChI=1S/C11H9O/c1-2-10-6-3-4-7-11(10)8-5-9-12/h2-8H,1H2/b11-8-. The smallest absolute Gasteiger partial charge is 0.124 e. The summed E-state index contributed by atoms with van der Waals surface area (Å²) in [6, 6.07) is 0. The molecule has 1 nitrogen and oxygen atoms in total. The number of hydrogen-bond donors (Lipinski definition) is 0. The summed E-state index contributed by atoms with van der Waals surface area (Å²) in [4.78, 5) is 9.94. The van der Waals surface area contributed by atoms with Gasteiger partial charge in [0.2, 0.25) is 0 Å². The van der Waals surface area contributed by atoms with E-state index in [1.165, 1.54) is 6.08 Å². The predicted octanol–water partition coefficient (Wildman–Crippen LogP) is 2.19. The first-order valence-corrected chi connectivity index (χ1v) is 3.64. The van der Waals surface area contributed by atoms with Gasteiger partial charge in [0.25, 0.3) is 0 Å². The SMILES string of the molecule is C=C[C]1C=CC=C/C1=C/C=C=O. The lowest BCUT2D eigenvalue weighted by Gasteiger charge is -2.09. The molecule has 1 heteroatoms. The monoisotopic (exact) mass is 157 g/mol. The lowest BCUT2D eigenvalue weighted by atomic mass is 9.94. The average molecular weight is 157 g/mol. The minimum absolute atomic E-state index is 0.982. The fraction of sp³-hybridized carbons (Fsp3) is 0. The summed E-state index contributed by atoms with van der Waals surface area (Å²) < 4.78 is 0. The first kappa shape index (κ1) is 8.51. The zero-order valence-electron chi connectivity index (χ0n) is 6.66. The van der Waals surface area contributed by atoms with Crippen molar-refractivity contribution in [1.82, 2.24) is 0 Å². The molecule has 0 aliphatic heterocycles. The molecule has 0 saturated carbocycles. The number of allylic oxidation sites excluding steroid dienone is 8. The van der Waals surface area contributed by atoms with Gasteiger partial charge < -0.3 is 0 Å². The van der Waals surface area contributed by atoms with Crippen molar-refractivity contribution in [2.75, 3.05) is 0 Å². The van der Waals surface area contributed by atoms with Crippen molar-refractivity contribution in [3.63, 3.8) is 0 Å². The maximum Gasteiger partial charge on any atom is 0.124 e. The topological polar surface area (TPSA) is 17.1 Å². The zero-order chi connectivity index (χ0) is 8.81. The maximum absolute atomic E-state index is 9.94. The van der Waals surface area contributed by atoms with Crippen LogP contribution in [0.25, 0.3) is 0 Å². The van der Waals surface area contributed by atoms with Crippen LogP contribution in [0.5, 0.6) is 0 Å². The highest BCUT2D eigenvalue weighted by atomic mass is 16.1. The number of hydrogen-bond acceptors (Lipinski definition) is 1. The van der Waals surface area contributed by atoms with Gasteiger partial charge in [-0.3, -0.25) is 0 Å². The third-order valence-electron chi connectivity index (χ3n) is 1.55. The molecule has 1 aliphatic rings. The Morgan fingerprint density at radius 2 is 2.08 bits per heavy atom. The molecule has 0 saturated heterocycles. The molecule has 0 aromatic rings. The van der Waals surface area contributed by atoms with E-state index in [9.17, 15) is 4.79 Å². The molecule has 0 amide bonds. The molecule has 0 fully saturated rings. The molecule has 12 heavy (non-hydrogen) atoms. The van der Waals surface area contributed by atoms with Crippen LogP contribution in [-0.2, 0) is 4.79 Å². The molecule has 0 N–H and O–H groups in total. The van der Waals surface area contributed by atoms with Crippen molar-refractivity contribution < 1.29 is 4.79 Å². The van der Waals surface area contributed by atoms with Gasteiger partial charge >= 0.3 is 0 Å². The van der Waals surface area contributed by atoms with Gasteiger partial charge in [-0.25, -0.2) is 4.79 Å². The van der Waals surface area contributed by atoms with Gasteiger partial charge in [-0.2, -0.15) is 0 Å². The molecule has 1 radical (unpaired) electrons. The van der Waals surface area contributed by atoms with Gasteiger partial charge in [0, 0.05) is 12.0 Å². The van der Waals surface area contributed by atoms with Gasteiger partial charge in [-0.1, -0.05) is 30.4 Å². The molecular weight excluding hydrogens is 148 g/mol. The van der Waals surface area contributed by atoms with Crippen molar-refractivity contribution in [3.05, 3.63) is 60.6 Å². The summed E-state index contributed by atoms with van der Waals surface area (Å²) in [5.41, 5.74) is 0.982. The molecular formula is C11H9O. The molecule has 0 unspecified atom stereocenters. The second-order valence-corrected chi connectivity index (χ2v) is 2.28. The van der Waals surface area contributed by atoms with Crippen LogP contribution >= 0.6 is 0 Å². The van der Waals surface area contributed by atoms with Crippen molar-refractivity contribution in [2.45, 2.75) is 0 Å². The van der Waals surface area contributed by atoms with Gasteiger partial charge in [0.15, 0.2) is 0 Å². The van der Waals surface area contributed by atoms with Crippen LogP contribution in [0, 0.1) is 5.92 Å². The molecule has 0 heterocycles. The van der Waals surface area contributed by atoms with E-state index in [-0.39, 0.29) is 0 Å². The Bertz CT molecular complexity index is 299. The number of rotatable bonds is 2. The largest absolute Gasteiger partial charge is 0.234 e. The first-order valence-electron chi connectivity index (χ1n) is 3.64. The Kier molecular flexibility index (Phi) is 3.06. The number of carbonyl (C=O) groups excluding carboxylic acids is 1. The fourth-order valence-electron chi connectivity index (χ4n) is 0.972. The Balaban J connectivity index is 2.88. The molecule has 59 valence electrons. The molecule has 1 rings (SSSR count). The fourth-order valence-corrected chi connectivity index (χ4v) is 0.972. The molecule has 0 aromatic heterocycles. The van der Waals surface area contributed by atoms with E-state index in [1.807, 2.05) is 24.3 Å². The third-order valence-corrected chi connectivity index (χ3v) is 1.55. The predicted molar refractivity (Wildman–Crippen MR) is 50.1 cm³/mol. The maximum atomic E-state index is 9.94. The van der Waals surface area contributed by atoms with E-state index in [4.69, 9.17) is 0 Å². The van der Waals surface area contributed by atoms with Gasteiger partial charge in [-0.05, 0) is 11.6 Å². The zero-order valence-corrected chi connectivity index (χ0v) is 6.66. The summed E-state index contributed by atoms with van der Waals surface area (Å²) in [7, 11) is 0. The van der Waals surface area contributed by atoms with E-state index >= 15 is 0 Å². The molecule has 1 aliphatic carbocycles. The van der Waals surface area contributed by atoms with Crippen LogP contribution in [0.2, 0.25) is 0 Å². The van der Waals surface area contributed by atoms with Gasteiger partial charge in [0.1, 0.15) is 5.94 Å². The van der Waals surface area contributed by atoms with E-state index in [0.29, 0.717) is 0 Å². The first-order chi connectivity index (χ1) is 5.88. The van der Waals surface area contributed by atoms with Crippen LogP contribution in [0.1, 0.15) is 0 Å². The van der Waals surface area contributed by atoms with Crippen LogP contribution in [0.3, 0.4) is 0 Å². The highest BCUT2D eigenvalue weighted by molar-refractivity contribution is 5.56. The summed E-state index contributed by atoms with van der Waals surface area (Å²) in [6.07, 6.45) is 12.5. The van der Waals surface area contributed by atoms with Crippen molar-refractivity contribution in [1.29, 1.82) is 0 Å².